The largest absolute Gasteiger partial charge is 0.336 e. The van der Waals surface area contributed by atoms with Crippen LogP contribution in [0.1, 0.15) is 104 Å². The van der Waals surface area contributed by atoms with Crippen molar-refractivity contribution in [2.75, 3.05) is 39.3 Å². The Morgan fingerprint density at radius 1 is 0.594 bits per heavy atom. The Hall–Kier alpha value is -6.43. The molecule has 0 saturated carbocycles. The maximum atomic E-state index is 13.6. The van der Waals surface area contributed by atoms with Gasteiger partial charge in [-0.25, -0.2) is 14.4 Å². The maximum Gasteiger partial charge on any atom is 0.254 e. The number of allylic oxidation sites excluding steroid dienone is 2. The molecule has 5 aromatic carbocycles. The van der Waals surface area contributed by atoms with Crippen molar-refractivity contribution >= 4 is 33.4 Å². The van der Waals surface area contributed by atoms with Gasteiger partial charge in [0.25, 0.3) is 11.8 Å². The smallest absolute Gasteiger partial charge is 0.254 e. The van der Waals surface area contributed by atoms with Crippen LogP contribution in [0.5, 0.6) is 0 Å². The van der Waals surface area contributed by atoms with Crippen molar-refractivity contribution in [3.63, 3.8) is 0 Å². The van der Waals surface area contributed by atoms with Crippen LogP contribution in [0.2, 0.25) is 0 Å². The number of carbonyl (C=O) groups excluding carboxylic acids is 2. The van der Waals surface area contributed by atoms with Gasteiger partial charge in [-0.1, -0.05) is 136 Å². The third kappa shape index (κ3) is 12.4. The molecular weight excluding hydrogens is 860 g/mol. The summed E-state index contributed by atoms with van der Waals surface area (Å²) in [5.41, 5.74) is 6.33. The summed E-state index contributed by atoms with van der Waals surface area (Å²) >= 11 is 0. The molecule has 0 unspecified atom stereocenters. The van der Waals surface area contributed by atoms with E-state index in [1.807, 2.05) is 96.7 Å². The molecular formula is C58H69FN8O2. The standard InChI is InChI=1S/C30H33FN4O.C28H36N4O/c1-2-3-9-26-20-34(30(36)29-11-6-8-24-7-4-5-10-28(24)29)17-16-33(26)21-27-18-32-22-35(27)19-23-12-14-25(31)15-13-23;1-4-5-11-24-19-31(28(33)27-13-8-10-23-9-6-7-12-26(23)27)17-16-30(24)20-25-18-29-21-32(25)15-14-22(2)3/h4-8,10-15,18,22,26H,2-3,9,16-17,19-21H2,1H3;6-10,12-14,18,21,24H,4-5,11,15-17,19-20H2,1-3H3/t26-;24-/m00/s1. The highest BCUT2D eigenvalue weighted by molar-refractivity contribution is 6.08. The van der Waals surface area contributed by atoms with Crippen molar-refractivity contribution in [2.24, 2.45) is 0 Å². The van der Waals surface area contributed by atoms with Crippen molar-refractivity contribution < 1.29 is 14.0 Å². The van der Waals surface area contributed by atoms with E-state index in [1.165, 1.54) is 36.2 Å². The number of benzene rings is 5. The van der Waals surface area contributed by atoms with Crippen LogP contribution in [-0.2, 0) is 26.2 Å². The molecule has 2 fully saturated rings. The van der Waals surface area contributed by atoms with Gasteiger partial charge in [-0.05, 0) is 78.1 Å². The van der Waals surface area contributed by atoms with Crippen LogP contribution in [0, 0.1) is 5.82 Å². The molecule has 0 aliphatic carbocycles. The molecule has 2 amide bonds. The third-order valence-electron chi connectivity index (χ3n) is 13.9. The number of nitrogens with zero attached hydrogens (tertiary/aromatic N) is 8. The number of hydrogen-bond acceptors (Lipinski definition) is 6. The molecule has 69 heavy (non-hydrogen) atoms. The van der Waals surface area contributed by atoms with E-state index in [0.717, 1.165) is 122 Å². The Morgan fingerprint density at radius 2 is 1.07 bits per heavy atom. The average Bonchev–Trinajstić information content (AvgIpc) is 4.03. The van der Waals surface area contributed by atoms with E-state index in [-0.39, 0.29) is 17.6 Å². The Balaban J connectivity index is 0.000000187. The Kier molecular flexibility index (Phi) is 16.9. The first-order chi connectivity index (χ1) is 33.7. The zero-order valence-electron chi connectivity index (χ0n) is 41.0. The predicted molar refractivity (Wildman–Crippen MR) is 277 cm³/mol. The summed E-state index contributed by atoms with van der Waals surface area (Å²) in [5.74, 6) is 0.0511. The molecule has 2 aliphatic rings. The van der Waals surface area contributed by atoms with Crippen LogP contribution < -0.4 is 0 Å². The van der Waals surface area contributed by atoms with E-state index in [2.05, 4.69) is 97.9 Å². The van der Waals surface area contributed by atoms with E-state index < -0.39 is 0 Å². The summed E-state index contributed by atoms with van der Waals surface area (Å²) < 4.78 is 17.7. The van der Waals surface area contributed by atoms with Gasteiger partial charge < -0.3 is 18.9 Å². The predicted octanol–water partition coefficient (Wildman–Crippen LogP) is 11.3. The second kappa shape index (κ2) is 23.7. The number of carbonyl (C=O) groups is 2. The van der Waals surface area contributed by atoms with Gasteiger partial charge in [-0.3, -0.25) is 19.4 Å². The fourth-order valence-electron chi connectivity index (χ4n) is 9.91. The van der Waals surface area contributed by atoms with E-state index in [9.17, 15) is 14.0 Å². The molecule has 0 N–H and O–H groups in total. The normalized spacial score (nSPS) is 16.7. The quantitative estimate of drug-likeness (QED) is 0.0898. The van der Waals surface area contributed by atoms with E-state index in [1.54, 1.807) is 0 Å². The molecule has 0 radical (unpaired) electrons. The minimum absolute atomic E-state index is 0.120. The van der Waals surface area contributed by atoms with Gasteiger partial charge in [0, 0.05) is 101 Å². The fraction of sp³-hybridized carbons (Fsp3) is 0.379. The maximum absolute atomic E-state index is 13.6. The molecule has 11 heteroatoms. The molecule has 2 aliphatic heterocycles. The topological polar surface area (TPSA) is 82.7 Å². The molecule has 2 aromatic heterocycles. The summed E-state index contributed by atoms with van der Waals surface area (Å²) in [4.78, 5) is 45.1. The highest BCUT2D eigenvalue weighted by Gasteiger charge is 2.32. The summed E-state index contributed by atoms with van der Waals surface area (Å²) in [5, 5.41) is 4.27. The Labute approximate surface area is 408 Å². The van der Waals surface area contributed by atoms with Crippen molar-refractivity contribution in [3.8, 4) is 0 Å². The lowest BCUT2D eigenvalue weighted by molar-refractivity contribution is 0.0425. The molecule has 10 nitrogen and oxygen atoms in total. The molecule has 4 heterocycles. The van der Waals surface area contributed by atoms with Crippen LogP contribution in [-0.4, -0.2) is 102 Å². The number of rotatable bonds is 16. The molecule has 7 aromatic rings. The van der Waals surface area contributed by atoms with Crippen LogP contribution in [0.25, 0.3) is 21.5 Å². The molecule has 0 bridgehead atoms. The minimum atomic E-state index is -0.223. The number of fused-ring (bicyclic) bond motifs is 2. The monoisotopic (exact) mass is 929 g/mol. The first-order valence-corrected chi connectivity index (χ1v) is 25.1. The lowest BCUT2D eigenvalue weighted by Crippen LogP contribution is -2.54. The summed E-state index contributed by atoms with van der Waals surface area (Å²) in [6.07, 6.45) is 16.7. The average molecular weight is 929 g/mol. The highest BCUT2D eigenvalue weighted by Crippen LogP contribution is 2.26. The number of unbranched alkanes of at least 4 members (excludes halogenated alkanes) is 2. The van der Waals surface area contributed by atoms with Crippen LogP contribution >= 0.6 is 0 Å². The van der Waals surface area contributed by atoms with Gasteiger partial charge in [-0.2, -0.15) is 0 Å². The Bertz CT molecular complexity index is 2800. The number of aromatic nitrogens is 4. The molecule has 0 spiro atoms. The SMILES string of the molecule is CCCC[C@H]1CN(C(=O)c2cccc3ccccc23)CCN1Cc1cncn1CC=C(C)C.CCCC[C@H]1CN(C(=O)c2cccc3ccccc23)CCN1Cc1cncn1Cc1ccc(F)cc1. The Morgan fingerprint density at radius 3 is 1.58 bits per heavy atom. The van der Waals surface area contributed by atoms with Crippen molar-refractivity contribution in [2.45, 2.75) is 104 Å². The summed E-state index contributed by atoms with van der Waals surface area (Å²) in [6, 6.07) is 35.6. The lowest BCUT2D eigenvalue weighted by Gasteiger charge is -2.41. The first kappa shape index (κ1) is 49.0. The number of imidazole rings is 2. The second-order valence-electron chi connectivity index (χ2n) is 19.0. The molecule has 2 atom stereocenters. The zero-order chi connectivity index (χ0) is 48.1. The highest BCUT2D eigenvalue weighted by atomic mass is 19.1. The number of hydrogen-bond donors (Lipinski definition) is 0. The van der Waals surface area contributed by atoms with Gasteiger partial charge >= 0.3 is 0 Å². The van der Waals surface area contributed by atoms with E-state index >= 15 is 0 Å². The number of piperazine rings is 2. The molecule has 2 saturated heterocycles. The van der Waals surface area contributed by atoms with Gasteiger partial charge in [0.05, 0.1) is 24.0 Å². The van der Waals surface area contributed by atoms with Gasteiger partial charge in [-0.15, -0.1) is 0 Å². The molecule has 360 valence electrons. The van der Waals surface area contributed by atoms with E-state index in [4.69, 9.17) is 0 Å². The zero-order valence-corrected chi connectivity index (χ0v) is 41.0. The van der Waals surface area contributed by atoms with Crippen molar-refractivity contribution in [1.29, 1.82) is 0 Å². The van der Waals surface area contributed by atoms with Gasteiger partial charge in [0.2, 0.25) is 0 Å². The molecule has 9 rings (SSSR count). The van der Waals surface area contributed by atoms with Crippen LogP contribution in [0.3, 0.4) is 0 Å². The van der Waals surface area contributed by atoms with Crippen molar-refractivity contribution in [1.82, 2.24) is 38.7 Å². The number of amides is 2. The minimum Gasteiger partial charge on any atom is -0.336 e. The lowest BCUT2D eigenvalue weighted by atomic mass is 10.0. The summed E-state index contributed by atoms with van der Waals surface area (Å²) in [6.45, 7) is 16.6. The summed E-state index contributed by atoms with van der Waals surface area (Å²) in [7, 11) is 0. The second-order valence-corrected chi connectivity index (χ2v) is 19.0. The van der Waals surface area contributed by atoms with Gasteiger partial charge in [0.1, 0.15) is 5.82 Å². The van der Waals surface area contributed by atoms with E-state index in [0.29, 0.717) is 25.2 Å². The van der Waals surface area contributed by atoms with Crippen LogP contribution in [0.15, 0.2) is 146 Å². The van der Waals surface area contributed by atoms with Crippen LogP contribution in [0.4, 0.5) is 4.39 Å². The third-order valence-corrected chi connectivity index (χ3v) is 13.9. The number of halogens is 1. The van der Waals surface area contributed by atoms with Crippen molar-refractivity contribution in [3.05, 3.63) is 180 Å². The first-order valence-electron chi connectivity index (χ1n) is 25.1. The fourth-order valence-corrected chi connectivity index (χ4v) is 9.91. The van der Waals surface area contributed by atoms with Gasteiger partial charge in [0.15, 0.2) is 0 Å².